The molecule has 6 nitrogen and oxygen atoms in total. The highest BCUT2D eigenvalue weighted by Crippen LogP contribution is 2.18. The molecule has 1 fully saturated rings. The Morgan fingerprint density at radius 3 is 2.35 bits per heavy atom. The Bertz CT molecular complexity index is 680. The highest BCUT2D eigenvalue weighted by molar-refractivity contribution is 5.96. The number of carbonyl (C=O) groups is 3. The molecule has 1 aliphatic rings. The van der Waals surface area contributed by atoms with Gasteiger partial charge in [0.05, 0.1) is 11.1 Å². The van der Waals surface area contributed by atoms with Crippen molar-refractivity contribution in [1.82, 2.24) is 10.2 Å². The topological polar surface area (TPSA) is 86.7 Å². The van der Waals surface area contributed by atoms with Gasteiger partial charge in [-0.1, -0.05) is 13.8 Å². The van der Waals surface area contributed by atoms with Gasteiger partial charge in [0.1, 0.15) is 5.82 Å². The maximum absolute atomic E-state index is 14.0. The van der Waals surface area contributed by atoms with Crippen LogP contribution in [0.4, 0.5) is 4.39 Å². The van der Waals surface area contributed by atoms with Gasteiger partial charge in [0.25, 0.3) is 5.91 Å². The van der Waals surface area contributed by atoms with Crippen LogP contribution in [0.5, 0.6) is 0 Å². The molecule has 2 rings (SSSR count). The van der Waals surface area contributed by atoms with E-state index in [4.69, 9.17) is 5.11 Å². The van der Waals surface area contributed by atoms with E-state index in [1.54, 1.807) is 0 Å². The predicted octanol–water partition coefficient (Wildman–Crippen LogP) is 2.68. The number of hydrogen-bond donors (Lipinski definition) is 2. The van der Waals surface area contributed by atoms with Gasteiger partial charge in [-0.2, -0.15) is 0 Å². The number of nitrogens with one attached hydrogen (secondary N) is 1. The summed E-state index contributed by atoms with van der Waals surface area (Å²) in [6.45, 7) is 5.15. The third-order valence-corrected chi connectivity index (χ3v) is 4.94. The molecule has 0 unspecified atom stereocenters. The molecule has 0 bridgehead atoms. The maximum atomic E-state index is 14.0. The molecular weight excluding hydrogens is 339 g/mol. The van der Waals surface area contributed by atoms with Crippen molar-refractivity contribution in [2.75, 3.05) is 13.1 Å². The molecule has 26 heavy (non-hydrogen) atoms. The zero-order valence-electron chi connectivity index (χ0n) is 15.1. The monoisotopic (exact) mass is 364 g/mol. The van der Waals surface area contributed by atoms with Crippen LogP contribution in [0.1, 0.15) is 60.2 Å². The van der Waals surface area contributed by atoms with Gasteiger partial charge in [0, 0.05) is 25.0 Å². The average Bonchev–Trinajstić information content (AvgIpc) is 2.62. The summed E-state index contributed by atoms with van der Waals surface area (Å²) < 4.78 is 14.0. The van der Waals surface area contributed by atoms with E-state index in [1.165, 1.54) is 12.1 Å². The van der Waals surface area contributed by atoms with Gasteiger partial charge < -0.3 is 15.3 Å². The first-order valence-electron chi connectivity index (χ1n) is 8.99. The zero-order valence-corrected chi connectivity index (χ0v) is 15.1. The number of nitrogens with zero attached hydrogens (tertiary/aromatic N) is 1. The summed E-state index contributed by atoms with van der Waals surface area (Å²) in [6.07, 6.45) is 2.87. The van der Waals surface area contributed by atoms with Crippen molar-refractivity contribution in [2.24, 2.45) is 5.92 Å². The number of rotatable bonds is 6. The fourth-order valence-electron chi connectivity index (χ4n) is 3.24. The largest absolute Gasteiger partial charge is 0.478 e. The average molecular weight is 364 g/mol. The maximum Gasteiger partial charge on any atom is 0.335 e. The molecule has 2 amide bonds. The summed E-state index contributed by atoms with van der Waals surface area (Å²) >= 11 is 0. The number of aromatic carboxylic acids is 1. The standard InChI is InChI=1S/C19H25FN2O4/c1-3-12(4-2)18(24)22-9-7-14(8-10-22)21-17(23)15-6-5-13(19(25)26)11-16(15)20/h5-6,11-12,14H,3-4,7-10H2,1-2H3,(H,21,23)(H,25,26). The number of carboxylic acid groups (broad SMARTS) is 1. The van der Waals surface area contributed by atoms with Crippen LogP contribution in [-0.2, 0) is 4.79 Å². The van der Waals surface area contributed by atoms with Crippen LogP contribution >= 0.6 is 0 Å². The van der Waals surface area contributed by atoms with Crippen molar-refractivity contribution in [3.63, 3.8) is 0 Å². The molecule has 1 saturated heterocycles. The summed E-state index contributed by atoms with van der Waals surface area (Å²) in [7, 11) is 0. The van der Waals surface area contributed by atoms with E-state index in [1.807, 2.05) is 18.7 Å². The number of piperidine rings is 1. The van der Waals surface area contributed by atoms with Crippen molar-refractivity contribution in [3.8, 4) is 0 Å². The molecule has 0 saturated carbocycles. The van der Waals surface area contributed by atoms with Crippen molar-refractivity contribution in [1.29, 1.82) is 0 Å². The molecule has 7 heteroatoms. The Hall–Kier alpha value is -2.44. The molecule has 0 atom stereocenters. The van der Waals surface area contributed by atoms with Crippen LogP contribution in [0, 0.1) is 11.7 Å². The molecule has 1 heterocycles. The Morgan fingerprint density at radius 2 is 1.85 bits per heavy atom. The molecule has 0 radical (unpaired) electrons. The van der Waals surface area contributed by atoms with Gasteiger partial charge in [-0.3, -0.25) is 9.59 Å². The normalized spacial score (nSPS) is 15.2. The number of halogens is 1. The molecule has 1 aromatic carbocycles. The van der Waals surface area contributed by atoms with Gasteiger partial charge in [-0.05, 0) is 43.9 Å². The van der Waals surface area contributed by atoms with E-state index >= 15 is 0 Å². The molecular formula is C19H25FN2O4. The molecule has 2 N–H and O–H groups in total. The zero-order chi connectivity index (χ0) is 19.3. The second-order valence-corrected chi connectivity index (χ2v) is 6.59. The molecule has 1 aliphatic heterocycles. The summed E-state index contributed by atoms with van der Waals surface area (Å²) in [5, 5.41) is 11.6. The van der Waals surface area contributed by atoms with Crippen LogP contribution in [-0.4, -0.2) is 46.9 Å². The van der Waals surface area contributed by atoms with Gasteiger partial charge in [0.2, 0.25) is 5.91 Å². The van der Waals surface area contributed by atoms with E-state index in [0.29, 0.717) is 25.9 Å². The second kappa shape index (κ2) is 8.78. The van der Waals surface area contributed by atoms with Crippen molar-refractivity contribution in [2.45, 2.75) is 45.6 Å². The SMILES string of the molecule is CCC(CC)C(=O)N1CCC(NC(=O)c2ccc(C(=O)O)cc2F)CC1. The molecule has 0 aliphatic carbocycles. The van der Waals surface area contributed by atoms with Crippen molar-refractivity contribution in [3.05, 3.63) is 35.1 Å². The lowest BCUT2D eigenvalue weighted by Gasteiger charge is -2.34. The lowest BCUT2D eigenvalue weighted by molar-refractivity contribution is -0.136. The number of carbonyl (C=O) groups excluding carboxylic acids is 2. The Kier molecular flexibility index (Phi) is 6.71. The Balaban J connectivity index is 1.92. The van der Waals surface area contributed by atoms with Crippen molar-refractivity contribution >= 4 is 17.8 Å². The third kappa shape index (κ3) is 4.59. The first kappa shape index (κ1) is 19.9. The smallest absolute Gasteiger partial charge is 0.335 e. The summed E-state index contributed by atoms with van der Waals surface area (Å²) in [4.78, 5) is 37.3. The minimum atomic E-state index is -1.25. The third-order valence-electron chi connectivity index (χ3n) is 4.94. The molecule has 142 valence electrons. The van der Waals surface area contributed by atoms with Gasteiger partial charge in [0.15, 0.2) is 0 Å². The van der Waals surface area contributed by atoms with Gasteiger partial charge >= 0.3 is 5.97 Å². The summed E-state index contributed by atoms with van der Waals surface area (Å²) in [5.74, 6) is -2.46. The lowest BCUT2D eigenvalue weighted by Crippen LogP contribution is -2.48. The Morgan fingerprint density at radius 1 is 1.23 bits per heavy atom. The van der Waals surface area contributed by atoms with Crippen molar-refractivity contribution < 1.29 is 23.9 Å². The van der Waals surface area contributed by atoms with Crippen LogP contribution < -0.4 is 5.32 Å². The highest BCUT2D eigenvalue weighted by Gasteiger charge is 2.27. The number of likely N-dealkylation sites (tertiary alicyclic amines) is 1. The number of hydrogen-bond acceptors (Lipinski definition) is 3. The molecule has 0 spiro atoms. The van der Waals surface area contributed by atoms with E-state index in [9.17, 15) is 18.8 Å². The first-order chi connectivity index (χ1) is 12.4. The Labute approximate surface area is 152 Å². The lowest BCUT2D eigenvalue weighted by atomic mass is 9.98. The van der Waals surface area contributed by atoms with E-state index < -0.39 is 17.7 Å². The van der Waals surface area contributed by atoms with E-state index in [0.717, 1.165) is 18.9 Å². The number of benzene rings is 1. The van der Waals surface area contributed by atoms with Crippen LogP contribution in [0.15, 0.2) is 18.2 Å². The van der Waals surface area contributed by atoms with E-state index in [2.05, 4.69) is 5.32 Å². The van der Waals surface area contributed by atoms with E-state index in [-0.39, 0.29) is 29.0 Å². The highest BCUT2D eigenvalue weighted by atomic mass is 19.1. The summed E-state index contributed by atoms with van der Waals surface area (Å²) in [5.41, 5.74) is -0.377. The van der Waals surface area contributed by atoms with Gasteiger partial charge in [-0.25, -0.2) is 9.18 Å². The minimum Gasteiger partial charge on any atom is -0.478 e. The molecule has 1 aromatic rings. The fraction of sp³-hybridized carbons (Fsp3) is 0.526. The fourth-order valence-corrected chi connectivity index (χ4v) is 3.24. The van der Waals surface area contributed by atoms with Crippen LogP contribution in [0.3, 0.4) is 0 Å². The van der Waals surface area contributed by atoms with Gasteiger partial charge in [-0.15, -0.1) is 0 Å². The molecule has 0 aromatic heterocycles. The first-order valence-corrected chi connectivity index (χ1v) is 8.99. The quantitative estimate of drug-likeness (QED) is 0.812. The van der Waals surface area contributed by atoms with Crippen LogP contribution in [0.25, 0.3) is 0 Å². The number of carboxylic acids is 1. The predicted molar refractivity (Wildman–Crippen MR) is 94.5 cm³/mol. The van der Waals surface area contributed by atoms with Crippen LogP contribution in [0.2, 0.25) is 0 Å². The summed E-state index contributed by atoms with van der Waals surface area (Å²) in [6, 6.07) is 3.09. The minimum absolute atomic E-state index is 0.0444. The number of amides is 2. The second-order valence-electron chi connectivity index (χ2n) is 6.59.